The Kier molecular flexibility index (Phi) is 3.88. The summed E-state index contributed by atoms with van der Waals surface area (Å²) in [6.45, 7) is 3.13. The second kappa shape index (κ2) is 5.80. The van der Waals surface area contributed by atoms with Crippen LogP contribution in [0.3, 0.4) is 0 Å². The maximum absolute atomic E-state index is 5.47. The molecule has 0 bridgehead atoms. The van der Waals surface area contributed by atoms with Gasteiger partial charge in [-0.3, -0.25) is 0 Å². The molecule has 3 nitrogen and oxygen atoms in total. The molecule has 1 atom stereocenters. The molecule has 1 N–H and O–H groups in total. The molecule has 2 heterocycles. The van der Waals surface area contributed by atoms with Gasteiger partial charge < -0.3 is 10.1 Å². The lowest BCUT2D eigenvalue weighted by atomic mass is 9.97. The molecule has 106 valence electrons. The lowest BCUT2D eigenvalue weighted by Gasteiger charge is -2.19. The second-order valence-corrected chi connectivity index (χ2v) is 5.56. The number of methoxy groups -OCH3 is 1. The number of fused-ring (bicyclic) bond motifs is 1. The van der Waals surface area contributed by atoms with E-state index in [1.54, 1.807) is 7.11 Å². The lowest BCUT2D eigenvalue weighted by molar-refractivity contribution is 0.418. The van der Waals surface area contributed by atoms with Gasteiger partial charge >= 0.3 is 0 Å². The molecule has 0 amide bonds. The molecular weight excluding hydrogens is 248 g/mol. The van der Waals surface area contributed by atoms with Gasteiger partial charge in [0.25, 0.3) is 0 Å². The number of pyridine rings is 1. The molecule has 3 heteroatoms. The van der Waals surface area contributed by atoms with Crippen molar-refractivity contribution in [1.29, 1.82) is 0 Å². The molecule has 0 radical (unpaired) electrons. The monoisotopic (exact) mass is 270 g/mol. The average molecular weight is 270 g/mol. The van der Waals surface area contributed by atoms with E-state index in [1.807, 2.05) is 6.92 Å². The van der Waals surface area contributed by atoms with E-state index in [2.05, 4.69) is 34.6 Å². The van der Waals surface area contributed by atoms with E-state index in [1.165, 1.54) is 36.6 Å². The quantitative estimate of drug-likeness (QED) is 0.902. The fourth-order valence-electron chi connectivity index (χ4n) is 3.07. The van der Waals surface area contributed by atoms with Crippen LogP contribution in [0.5, 0.6) is 5.75 Å². The molecule has 3 rings (SSSR count). The summed E-state index contributed by atoms with van der Waals surface area (Å²) < 4.78 is 5.47. The summed E-state index contributed by atoms with van der Waals surface area (Å²) >= 11 is 0. The van der Waals surface area contributed by atoms with E-state index in [4.69, 9.17) is 4.74 Å². The van der Waals surface area contributed by atoms with Crippen molar-refractivity contribution in [2.75, 3.05) is 13.7 Å². The number of benzene rings is 1. The Morgan fingerprint density at radius 1 is 1.15 bits per heavy atom. The molecule has 20 heavy (non-hydrogen) atoms. The van der Waals surface area contributed by atoms with Crippen molar-refractivity contribution in [2.24, 2.45) is 0 Å². The Labute approximate surface area is 120 Å². The van der Waals surface area contributed by atoms with Crippen LogP contribution in [0.4, 0.5) is 0 Å². The summed E-state index contributed by atoms with van der Waals surface area (Å²) in [7, 11) is 1.71. The van der Waals surface area contributed by atoms with Crippen LogP contribution in [0.25, 0.3) is 10.9 Å². The number of hydrogen-bond acceptors (Lipinski definition) is 3. The van der Waals surface area contributed by atoms with Gasteiger partial charge in [-0.05, 0) is 44.0 Å². The van der Waals surface area contributed by atoms with Gasteiger partial charge in [-0.2, -0.15) is 0 Å². The van der Waals surface area contributed by atoms with Crippen molar-refractivity contribution >= 4 is 10.9 Å². The highest BCUT2D eigenvalue weighted by molar-refractivity contribution is 5.88. The Morgan fingerprint density at radius 3 is 2.90 bits per heavy atom. The predicted octanol–water partition coefficient (Wildman–Crippen LogP) is 3.76. The van der Waals surface area contributed by atoms with Gasteiger partial charge in [0.05, 0.1) is 7.11 Å². The van der Waals surface area contributed by atoms with E-state index < -0.39 is 0 Å². The first-order chi connectivity index (χ1) is 9.79. The van der Waals surface area contributed by atoms with Crippen LogP contribution < -0.4 is 10.1 Å². The van der Waals surface area contributed by atoms with Crippen LogP contribution >= 0.6 is 0 Å². The van der Waals surface area contributed by atoms with Gasteiger partial charge in [-0.15, -0.1) is 0 Å². The van der Waals surface area contributed by atoms with Gasteiger partial charge in [0.2, 0.25) is 0 Å². The van der Waals surface area contributed by atoms with E-state index in [9.17, 15) is 0 Å². The third-order valence-corrected chi connectivity index (χ3v) is 4.15. The van der Waals surface area contributed by atoms with Gasteiger partial charge in [-0.1, -0.05) is 25.0 Å². The Balaban J connectivity index is 2.11. The van der Waals surface area contributed by atoms with E-state index >= 15 is 0 Å². The van der Waals surface area contributed by atoms with Crippen LogP contribution in [-0.2, 0) is 0 Å². The fourth-order valence-corrected chi connectivity index (χ4v) is 3.07. The number of nitrogens with one attached hydrogen (secondary N) is 1. The minimum absolute atomic E-state index is 0.440. The molecule has 1 aromatic heterocycles. The van der Waals surface area contributed by atoms with E-state index in [0.29, 0.717) is 6.04 Å². The topological polar surface area (TPSA) is 34.1 Å². The first kappa shape index (κ1) is 13.4. The number of rotatable bonds is 2. The standard InChI is InChI=1S/C17H22N2O/c1-12-7-8-14-13(15-6-4-3-5-11-18-15)9-10-16(20-2)17(14)19-12/h7-10,15,18H,3-6,11H2,1-2H3. The van der Waals surface area contributed by atoms with Crippen molar-refractivity contribution in [2.45, 2.75) is 38.6 Å². The number of aromatic nitrogens is 1. The number of hydrogen-bond donors (Lipinski definition) is 1. The van der Waals surface area contributed by atoms with Crippen molar-refractivity contribution < 1.29 is 4.74 Å². The van der Waals surface area contributed by atoms with Crippen molar-refractivity contribution in [3.63, 3.8) is 0 Å². The van der Waals surface area contributed by atoms with Crippen molar-refractivity contribution in [3.8, 4) is 5.75 Å². The third-order valence-electron chi connectivity index (χ3n) is 4.15. The number of nitrogens with zero attached hydrogens (tertiary/aromatic N) is 1. The van der Waals surface area contributed by atoms with E-state index in [-0.39, 0.29) is 0 Å². The van der Waals surface area contributed by atoms with Crippen molar-refractivity contribution in [3.05, 3.63) is 35.5 Å². The van der Waals surface area contributed by atoms with Crippen LogP contribution in [0.15, 0.2) is 24.3 Å². The van der Waals surface area contributed by atoms with Gasteiger partial charge in [0.1, 0.15) is 11.3 Å². The number of aryl methyl sites for hydroxylation is 1. The van der Waals surface area contributed by atoms with E-state index in [0.717, 1.165) is 23.5 Å². The minimum Gasteiger partial charge on any atom is -0.494 e. The zero-order valence-electron chi connectivity index (χ0n) is 12.3. The summed E-state index contributed by atoms with van der Waals surface area (Å²) in [6, 6.07) is 8.96. The molecule has 1 aliphatic rings. The smallest absolute Gasteiger partial charge is 0.145 e. The SMILES string of the molecule is COc1ccc(C2CCCCCN2)c2ccc(C)nc12. The Hall–Kier alpha value is -1.61. The zero-order chi connectivity index (χ0) is 13.9. The van der Waals surface area contributed by atoms with Crippen LogP contribution in [0.1, 0.15) is 43.0 Å². The third kappa shape index (κ3) is 2.50. The van der Waals surface area contributed by atoms with Crippen LogP contribution in [0, 0.1) is 6.92 Å². The normalized spacial score (nSPS) is 19.8. The Bertz CT molecular complexity index is 601. The second-order valence-electron chi connectivity index (χ2n) is 5.56. The summed E-state index contributed by atoms with van der Waals surface area (Å²) in [6.07, 6.45) is 5.11. The molecule has 1 aromatic carbocycles. The molecule has 1 aliphatic heterocycles. The molecule has 0 spiro atoms. The molecule has 0 saturated carbocycles. The lowest BCUT2D eigenvalue weighted by Crippen LogP contribution is -2.20. The molecule has 1 fully saturated rings. The van der Waals surface area contributed by atoms with Crippen molar-refractivity contribution in [1.82, 2.24) is 10.3 Å². The first-order valence-electron chi connectivity index (χ1n) is 7.47. The minimum atomic E-state index is 0.440. The highest BCUT2D eigenvalue weighted by atomic mass is 16.5. The first-order valence-corrected chi connectivity index (χ1v) is 7.47. The highest BCUT2D eigenvalue weighted by Gasteiger charge is 2.18. The van der Waals surface area contributed by atoms with Gasteiger partial charge in [0.15, 0.2) is 0 Å². The maximum atomic E-state index is 5.47. The fraction of sp³-hybridized carbons (Fsp3) is 0.471. The summed E-state index contributed by atoms with van der Waals surface area (Å²) in [5, 5.41) is 4.89. The predicted molar refractivity (Wildman–Crippen MR) is 82.2 cm³/mol. The average Bonchev–Trinajstić information content (AvgIpc) is 2.75. The highest BCUT2D eigenvalue weighted by Crippen LogP contribution is 2.33. The summed E-state index contributed by atoms with van der Waals surface area (Å²) in [5.74, 6) is 0.862. The molecule has 1 saturated heterocycles. The molecule has 1 unspecified atom stereocenters. The van der Waals surface area contributed by atoms with Gasteiger partial charge in [0, 0.05) is 17.1 Å². The van der Waals surface area contributed by atoms with Crippen LogP contribution in [-0.4, -0.2) is 18.6 Å². The Morgan fingerprint density at radius 2 is 2.05 bits per heavy atom. The molecular formula is C17H22N2O. The molecule has 0 aliphatic carbocycles. The largest absolute Gasteiger partial charge is 0.494 e. The maximum Gasteiger partial charge on any atom is 0.145 e. The number of ether oxygens (including phenoxy) is 1. The summed E-state index contributed by atoms with van der Waals surface area (Å²) in [5.41, 5.74) is 3.37. The zero-order valence-corrected chi connectivity index (χ0v) is 12.3. The molecule has 2 aromatic rings. The summed E-state index contributed by atoms with van der Waals surface area (Å²) in [4.78, 5) is 4.67. The van der Waals surface area contributed by atoms with Crippen LogP contribution in [0.2, 0.25) is 0 Å². The van der Waals surface area contributed by atoms with Gasteiger partial charge in [-0.25, -0.2) is 4.98 Å².